The molecule has 2 aliphatic rings. The van der Waals surface area contributed by atoms with Crippen molar-refractivity contribution in [2.24, 2.45) is 0 Å². The minimum absolute atomic E-state index is 0.174. The summed E-state index contributed by atoms with van der Waals surface area (Å²) >= 11 is 0. The van der Waals surface area contributed by atoms with Crippen molar-refractivity contribution < 1.29 is 23.0 Å². The van der Waals surface area contributed by atoms with E-state index in [-0.39, 0.29) is 12.5 Å². The Bertz CT molecular complexity index is 1520. The summed E-state index contributed by atoms with van der Waals surface area (Å²) in [6.45, 7) is 10.4. The lowest BCUT2D eigenvalue weighted by molar-refractivity contribution is -0.0956. The van der Waals surface area contributed by atoms with Crippen molar-refractivity contribution in [3.63, 3.8) is 0 Å². The minimum Gasteiger partial charge on any atom is -0.444 e. The Hall–Kier alpha value is -3.76. The Morgan fingerprint density at radius 1 is 1.12 bits per heavy atom. The average Bonchev–Trinajstić information content (AvgIpc) is 3.21. The van der Waals surface area contributed by atoms with Crippen LogP contribution in [0.5, 0.6) is 0 Å². The van der Waals surface area contributed by atoms with Crippen molar-refractivity contribution in [3.05, 3.63) is 93.5 Å². The SMILES string of the molecule is Cc1cc(-c2c(C)cccc2CC#N)ccc1[C@H]1CN(C(=O)OC(C)(C)C)CC[C@@]12OCc1cc(F)c(F)cc12. The van der Waals surface area contributed by atoms with Crippen LogP contribution in [0.2, 0.25) is 0 Å². The molecule has 3 aromatic rings. The third-order valence-corrected chi connectivity index (χ3v) is 8.02. The predicted molar refractivity (Wildman–Crippen MR) is 149 cm³/mol. The van der Waals surface area contributed by atoms with Crippen LogP contribution in [0.1, 0.15) is 66.5 Å². The van der Waals surface area contributed by atoms with Gasteiger partial charge in [-0.15, -0.1) is 0 Å². The van der Waals surface area contributed by atoms with E-state index in [2.05, 4.69) is 12.1 Å². The first-order valence-corrected chi connectivity index (χ1v) is 13.6. The molecule has 1 saturated heterocycles. The molecule has 5 rings (SSSR count). The van der Waals surface area contributed by atoms with E-state index in [0.717, 1.165) is 33.4 Å². The molecule has 0 aromatic heterocycles. The summed E-state index contributed by atoms with van der Waals surface area (Å²) in [6, 6.07) is 16.9. The molecule has 7 heteroatoms. The number of aryl methyl sites for hydroxylation is 2. The normalized spacial score (nSPS) is 20.4. The summed E-state index contributed by atoms with van der Waals surface area (Å²) in [4.78, 5) is 14.8. The van der Waals surface area contributed by atoms with Gasteiger partial charge in [-0.3, -0.25) is 0 Å². The predicted octanol–water partition coefficient (Wildman–Crippen LogP) is 7.46. The molecule has 40 heavy (non-hydrogen) atoms. The monoisotopic (exact) mass is 544 g/mol. The van der Waals surface area contributed by atoms with Gasteiger partial charge in [0.25, 0.3) is 0 Å². The topological polar surface area (TPSA) is 62.6 Å². The fourth-order valence-corrected chi connectivity index (χ4v) is 6.25. The Morgan fingerprint density at radius 3 is 2.58 bits per heavy atom. The lowest BCUT2D eigenvalue weighted by Crippen LogP contribution is -2.51. The molecule has 1 fully saturated rings. The van der Waals surface area contributed by atoms with E-state index in [0.29, 0.717) is 37.1 Å². The average molecular weight is 545 g/mol. The molecule has 1 spiro atoms. The molecule has 208 valence electrons. The zero-order valence-corrected chi connectivity index (χ0v) is 23.6. The smallest absolute Gasteiger partial charge is 0.410 e. The molecule has 0 saturated carbocycles. The second-order valence-corrected chi connectivity index (χ2v) is 11.8. The number of piperidine rings is 1. The van der Waals surface area contributed by atoms with Gasteiger partial charge in [0.15, 0.2) is 11.6 Å². The number of benzene rings is 3. The van der Waals surface area contributed by atoms with Crippen LogP contribution in [0.3, 0.4) is 0 Å². The number of rotatable bonds is 3. The standard InChI is InChI=1S/C33H34F2N2O3/c1-20-7-6-8-22(11-13-36)30(20)23-9-10-25(21(2)15-23)27-18-37(31(38)40-32(3,4)5)14-12-33(27)26-17-29(35)28(34)16-24(26)19-39-33/h6-10,15-17,27H,11-12,14,18-19H2,1-5H3/t27-,33+/m1/s1. The molecule has 0 N–H and O–H groups in total. The van der Waals surface area contributed by atoms with E-state index in [1.807, 2.05) is 65.0 Å². The van der Waals surface area contributed by atoms with E-state index < -0.39 is 28.9 Å². The van der Waals surface area contributed by atoms with Crippen LogP contribution in [0.4, 0.5) is 13.6 Å². The van der Waals surface area contributed by atoms with E-state index in [1.165, 1.54) is 12.1 Å². The third-order valence-electron chi connectivity index (χ3n) is 8.02. The zero-order valence-electron chi connectivity index (χ0n) is 23.6. The Kier molecular flexibility index (Phi) is 7.18. The number of halogens is 2. The minimum atomic E-state index is -0.913. The van der Waals surface area contributed by atoms with E-state index in [9.17, 15) is 18.8 Å². The number of amides is 1. The number of hydrogen-bond donors (Lipinski definition) is 0. The number of carbonyl (C=O) groups excluding carboxylic acids is 1. The van der Waals surface area contributed by atoms with E-state index in [4.69, 9.17) is 9.47 Å². The van der Waals surface area contributed by atoms with Crippen molar-refractivity contribution in [1.29, 1.82) is 5.26 Å². The first kappa shape index (κ1) is 27.8. The van der Waals surface area contributed by atoms with E-state index >= 15 is 0 Å². The number of hydrogen-bond acceptors (Lipinski definition) is 4. The maximum atomic E-state index is 14.6. The van der Waals surface area contributed by atoms with Gasteiger partial charge in [-0.05, 0) is 97.7 Å². The van der Waals surface area contributed by atoms with Gasteiger partial charge in [-0.1, -0.05) is 36.4 Å². The highest BCUT2D eigenvalue weighted by Crippen LogP contribution is 2.52. The molecule has 5 nitrogen and oxygen atoms in total. The summed E-state index contributed by atoms with van der Waals surface area (Å²) in [5.74, 6) is -2.15. The first-order valence-electron chi connectivity index (χ1n) is 13.6. The van der Waals surface area contributed by atoms with Crippen LogP contribution in [-0.4, -0.2) is 29.7 Å². The fourth-order valence-electron chi connectivity index (χ4n) is 6.25. The highest BCUT2D eigenvalue weighted by Gasteiger charge is 2.52. The third kappa shape index (κ3) is 4.97. The van der Waals surface area contributed by atoms with Gasteiger partial charge in [-0.2, -0.15) is 5.26 Å². The number of ether oxygens (including phenoxy) is 2. The lowest BCUT2D eigenvalue weighted by atomic mass is 9.71. The van der Waals surface area contributed by atoms with Crippen LogP contribution in [0.25, 0.3) is 11.1 Å². The molecule has 0 bridgehead atoms. The maximum absolute atomic E-state index is 14.6. The Labute approximate surface area is 234 Å². The number of nitrogens with zero attached hydrogens (tertiary/aromatic N) is 2. The molecule has 2 heterocycles. The van der Waals surface area contributed by atoms with Crippen molar-refractivity contribution in [1.82, 2.24) is 4.90 Å². The van der Waals surface area contributed by atoms with Crippen LogP contribution >= 0.6 is 0 Å². The molecule has 0 unspecified atom stereocenters. The summed E-state index contributed by atoms with van der Waals surface area (Å²) < 4.78 is 40.8. The largest absolute Gasteiger partial charge is 0.444 e. The van der Waals surface area contributed by atoms with Gasteiger partial charge in [-0.25, -0.2) is 13.6 Å². The van der Waals surface area contributed by atoms with Crippen LogP contribution < -0.4 is 0 Å². The zero-order chi connectivity index (χ0) is 28.8. The van der Waals surface area contributed by atoms with Gasteiger partial charge < -0.3 is 14.4 Å². The molecule has 2 atom stereocenters. The van der Waals surface area contributed by atoms with Gasteiger partial charge in [0.2, 0.25) is 0 Å². The van der Waals surface area contributed by atoms with Gasteiger partial charge in [0.1, 0.15) is 11.2 Å². The van der Waals surface area contributed by atoms with Gasteiger partial charge >= 0.3 is 6.09 Å². The maximum Gasteiger partial charge on any atom is 0.410 e. The van der Waals surface area contributed by atoms with Crippen LogP contribution in [-0.2, 0) is 28.1 Å². The Morgan fingerprint density at radius 2 is 1.88 bits per heavy atom. The quantitative estimate of drug-likeness (QED) is 0.343. The van der Waals surface area contributed by atoms with Crippen LogP contribution in [0.15, 0.2) is 48.5 Å². The highest BCUT2D eigenvalue weighted by molar-refractivity contribution is 5.73. The first-order chi connectivity index (χ1) is 18.9. The lowest BCUT2D eigenvalue weighted by Gasteiger charge is -2.46. The number of nitriles is 1. The molecule has 1 amide bonds. The highest BCUT2D eigenvalue weighted by atomic mass is 19.2. The number of fused-ring (bicyclic) bond motifs is 2. The number of likely N-dealkylation sites (tertiary alicyclic amines) is 1. The van der Waals surface area contributed by atoms with Crippen LogP contribution in [0, 0.1) is 36.8 Å². The summed E-state index contributed by atoms with van der Waals surface area (Å²) in [5.41, 5.74) is 5.73. The van der Waals surface area contributed by atoms with Crippen molar-refractivity contribution in [2.75, 3.05) is 13.1 Å². The fraction of sp³-hybridized carbons (Fsp3) is 0.394. The second-order valence-electron chi connectivity index (χ2n) is 11.8. The summed E-state index contributed by atoms with van der Waals surface area (Å²) in [5, 5.41) is 9.37. The Balaban J connectivity index is 1.60. The molecular weight excluding hydrogens is 510 g/mol. The van der Waals surface area contributed by atoms with E-state index in [1.54, 1.807) is 4.90 Å². The summed E-state index contributed by atoms with van der Waals surface area (Å²) in [6.07, 6.45) is 0.313. The molecule has 0 aliphatic carbocycles. The molecular formula is C33H34F2N2O3. The van der Waals surface area contributed by atoms with Crippen molar-refractivity contribution in [3.8, 4) is 17.2 Å². The van der Waals surface area contributed by atoms with Crippen molar-refractivity contribution >= 4 is 6.09 Å². The second kappa shape index (κ2) is 10.3. The molecule has 0 radical (unpaired) electrons. The molecule has 3 aromatic carbocycles. The van der Waals surface area contributed by atoms with Gasteiger partial charge in [0.05, 0.1) is 19.1 Å². The van der Waals surface area contributed by atoms with Gasteiger partial charge in [0, 0.05) is 19.0 Å². The molecule has 2 aliphatic heterocycles. The number of carbonyl (C=O) groups is 1. The summed E-state index contributed by atoms with van der Waals surface area (Å²) in [7, 11) is 0. The van der Waals surface area contributed by atoms with Crippen molar-refractivity contribution in [2.45, 2.75) is 71.2 Å².